The van der Waals surface area contributed by atoms with Gasteiger partial charge >= 0.3 is 0 Å². The molecule has 0 radical (unpaired) electrons. The molecule has 2 unspecified atom stereocenters. The van der Waals surface area contributed by atoms with E-state index >= 15 is 0 Å². The van der Waals surface area contributed by atoms with Crippen molar-refractivity contribution in [1.82, 2.24) is 35.7 Å². The number of H-pyrrole nitrogens is 1. The Morgan fingerprint density at radius 3 is 2.77 bits per heavy atom. The number of carbonyl (C=O) groups excluding carboxylic acids is 3. The van der Waals surface area contributed by atoms with Gasteiger partial charge in [0.05, 0.1) is 27.8 Å². The molecule has 40 heavy (non-hydrogen) atoms. The summed E-state index contributed by atoms with van der Waals surface area (Å²) >= 11 is 2.77. The van der Waals surface area contributed by atoms with Crippen LogP contribution in [0.15, 0.2) is 12.1 Å². The molecule has 3 aromatic heterocycles. The van der Waals surface area contributed by atoms with Gasteiger partial charge in [0.25, 0.3) is 11.8 Å². The quantitative estimate of drug-likeness (QED) is 0.358. The van der Waals surface area contributed by atoms with E-state index in [4.69, 9.17) is 5.73 Å². The molecule has 210 valence electrons. The van der Waals surface area contributed by atoms with E-state index in [1.807, 2.05) is 19.1 Å². The molecule has 5 rings (SSSR count). The van der Waals surface area contributed by atoms with Crippen LogP contribution in [0.4, 0.5) is 0 Å². The molecule has 0 aromatic carbocycles. The molecule has 12 nitrogen and oxygen atoms in total. The topological polar surface area (TPSA) is 174 Å². The summed E-state index contributed by atoms with van der Waals surface area (Å²) in [6.07, 6.45) is 3.27. The van der Waals surface area contributed by atoms with Gasteiger partial charge in [0, 0.05) is 36.4 Å². The fraction of sp³-hybridized carbons (Fsp3) is 0.500. The maximum Gasteiger partial charge on any atom is 0.263 e. The van der Waals surface area contributed by atoms with Crippen molar-refractivity contribution in [3.63, 3.8) is 0 Å². The van der Waals surface area contributed by atoms with Gasteiger partial charge in [-0.15, -0.1) is 32.9 Å². The van der Waals surface area contributed by atoms with E-state index in [0.29, 0.717) is 47.8 Å². The molecule has 3 aromatic rings. The summed E-state index contributed by atoms with van der Waals surface area (Å²) in [4.78, 5) is 44.4. The molecule has 3 atom stereocenters. The van der Waals surface area contributed by atoms with E-state index in [9.17, 15) is 19.6 Å². The average Bonchev–Trinajstić information content (AvgIpc) is 3.74. The molecule has 3 amide bonds. The van der Waals surface area contributed by atoms with Crippen LogP contribution >= 0.6 is 22.7 Å². The van der Waals surface area contributed by atoms with Crippen molar-refractivity contribution in [3.8, 4) is 6.07 Å². The number of nitriles is 1. The molecule has 0 spiro atoms. The van der Waals surface area contributed by atoms with Crippen LogP contribution in [0.1, 0.15) is 72.2 Å². The third-order valence-corrected chi connectivity index (χ3v) is 10.1. The Balaban J connectivity index is 1.57. The van der Waals surface area contributed by atoms with Crippen LogP contribution in [0.25, 0.3) is 0 Å². The van der Waals surface area contributed by atoms with Gasteiger partial charge in [0.2, 0.25) is 5.91 Å². The fourth-order valence-corrected chi connectivity index (χ4v) is 8.25. The highest BCUT2D eigenvalue weighted by atomic mass is 32.1. The minimum atomic E-state index is -0.952. The van der Waals surface area contributed by atoms with Crippen molar-refractivity contribution >= 4 is 40.4 Å². The van der Waals surface area contributed by atoms with Crippen molar-refractivity contribution in [1.29, 1.82) is 5.26 Å². The number of aryl methyl sites for hydroxylation is 2. The molecule has 1 saturated heterocycles. The molecule has 14 heteroatoms. The molecular formula is C26H31N9O3S2. The molecular weight excluding hydrogens is 550 g/mol. The number of carbonyl (C=O) groups is 3. The van der Waals surface area contributed by atoms with E-state index in [0.717, 1.165) is 27.3 Å². The predicted octanol–water partition coefficient (Wildman–Crippen LogP) is 1.44. The largest absolute Gasteiger partial charge is 0.365 e. The summed E-state index contributed by atoms with van der Waals surface area (Å²) in [6.45, 7) is 2.63. The summed E-state index contributed by atoms with van der Waals surface area (Å²) in [7, 11) is 3.44. The highest BCUT2D eigenvalue weighted by Gasteiger charge is 2.48. The van der Waals surface area contributed by atoms with Crippen LogP contribution in [0.5, 0.6) is 0 Å². The zero-order chi connectivity index (χ0) is 28.6. The molecule has 0 bridgehead atoms. The fourth-order valence-electron chi connectivity index (χ4n) is 5.72. The van der Waals surface area contributed by atoms with Crippen LogP contribution in [-0.2, 0) is 23.1 Å². The Kier molecular flexibility index (Phi) is 7.72. The number of likely N-dealkylation sites (tertiary alicyclic amines) is 1. The lowest BCUT2D eigenvalue weighted by Crippen LogP contribution is -2.45. The summed E-state index contributed by atoms with van der Waals surface area (Å²) in [6, 6.07) is 5.36. The first kappa shape index (κ1) is 27.9. The lowest BCUT2D eigenvalue weighted by atomic mass is 9.73. The lowest BCUT2D eigenvalue weighted by molar-refractivity contribution is -0.130. The first-order valence-corrected chi connectivity index (χ1v) is 14.7. The van der Waals surface area contributed by atoms with Gasteiger partial charge in [0.15, 0.2) is 5.82 Å². The molecule has 1 fully saturated rings. The number of fused-ring (bicyclic) bond motifs is 2. The van der Waals surface area contributed by atoms with E-state index in [1.54, 1.807) is 23.9 Å². The molecule has 1 aliphatic heterocycles. The first-order valence-electron chi connectivity index (χ1n) is 13.1. The summed E-state index contributed by atoms with van der Waals surface area (Å²) in [5.41, 5.74) is 6.62. The second-order valence-corrected chi connectivity index (χ2v) is 12.7. The molecule has 1 aliphatic carbocycles. The maximum absolute atomic E-state index is 13.0. The number of amides is 3. The van der Waals surface area contributed by atoms with Crippen LogP contribution in [0, 0.1) is 11.3 Å². The summed E-state index contributed by atoms with van der Waals surface area (Å²) in [5.74, 6) is -0.309. The van der Waals surface area contributed by atoms with Crippen LogP contribution < -0.4 is 11.1 Å². The summed E-state index contributed by atoms with van der Waals surface area (Å²) in [5, 5.41) is 28.1. The van der Waals surface area contributed by atoms with Crippen molar-refractivity contribution in [2.75, 3.05) is 27.2 Å². The minimum Gasteiger partial charge on any atom is -0.365 e. The number of aromatic amines is 1. The number of primary amides is 1. The van der Waals surface area contributed by atoms with Crippen molar-refractivity contribution in [3.05, 3.63) is 48.6 Å². The lowest BCUT2D eigenvalue weighted by Gasteiger charge is -2.33. The number of aromatic nitrogens is 4. The highest BCUT2D eigenvalue weighted by Crippen LogP contribution is 2.51. The molecule has 2 aliphatic rings. The van der Waals surface area contributed by atoms with Gasteiger partial charge in [0.1, 0.15) is 6.04 Å². The van der Waals surface area contributed by atoms with Gasteiger partial charge in [-0.25, -0.2) is 0 Å². The highest BCUT2D eigenvalue weighted by molar-refractivity contribution is 7.15. The number of hydrogen-bond acceptors (Lipinski definition) is 10. The SMILES string of the molecule is C[C@@H](CC1(c2nn[nH]n2)c2cc(C(=O)N(C)C)sc2CCc2cc(C(N)=O)sc21)NCC(=O)N1CCCC1C#N. The molecule has 4 N–H and O–H groups in total. The Morgan fingerprint density at radius 2 is 2.10 bits per heavy atom. The monoisotopic (exact) mass is 581 g/mol. The van der Waals surface area contributed by atoms with Gasteiger partial charge in [-0.2, -0.15) is 10.5 Å². The maximum atomic E-state index is 13.0. The van der Waals surface area contributed by atoms with Crippen LogP contribution in [-0.4, -0.2) is 87.4 Å². The number of hydrogen-bond donors (Lipinski definition) is 3. The minimum absolute atomic E-state index is 0.0758. The number of rotatable bonds is 8. The second kappa shape index (κ2) is 11.1. The van der Waals surface area contributed by atoms with Gasteiger partial charge in [-0.1, -0.05) is 5.21 Å². The van der Waals surface area contributed by atoms with Gasteiger partial charge in [-0.3, -0.25) is 14.4 Å². The molecule has 0 saturated carbocycles. The van der Waals surface area contributed by atoms with Crippen molar-refractivity contribution in [2.24, 2.45) is 5.73 Å². The average molecular weight is 582 g/mol. The predicted molar refractivity (Wildman–Crippen MR) is 149 cm³/mol. The Hall–Kier alpha value is -3.67. The van der Waals surface area contributed by atoms with Crippen LogP contribution in [0.3, 0.4) is 0 Å². The van der Waals surface area contributed by atoms with E-state index in [-0.39, 0.29) is 30.4 Å². The van der Waals surface area contributed by atoms with Gasteiger partial charge < -0.3 is 20.9 Å². The van der Waals surface area contributed by atoms with E-state index in [1.165, 1.54) is 22.7 Å². The number of thiophene rings is 2. The van der Waals surface area contributed by atoms with Crippen molar-refractivity contribution < 1.29 is 14.4 Å². The summed E-state index contributed by atoms with van der Waals surface area (Å²) < 4.78 is 0. The molecule has 4 heterocycles. The van der Waals surface area contributed by atoms with Crippen LogP contribution in [0.2, 0.25) is 0 Å². The third kappa shape index (κ3) is 4.89. The second-order valence-electron chi connectivity index (χ2n) is 10.5. The van der Waals surface area contributed by atoms with Gasteiger partial charge in [-0.05, 0) is 62.3 Å². The first-order chi connectivity index (χ1) is 19.1. The van der Waals surface area contributed by atoms with E-state index < -0.39 is 11.3 Å². The third-order valence-electron chi connectivity index (χ3n) is 7.61. The zero-order valence-electron chi connectivity index (χ0n) is 22.6. The van der Waals surface area contributed by atoms with Crippen molar-refractivity contribution in [2.45, 2.75) is 56.5 Å². The normalized spacial score (nSPS) is 20.8. The Morgan fingerprint density at radius 1 is 1.30 bits per heavy atom. The standard InChI is InChI=1S/C26H31N9O3S2/c1-14(29-13-21(36)35-8-4-5-16(35)12-27)11-26(25-30-32-33-31-25)17-10-20(24(38)34(2)3)39-18(17)7-6-15-9-19(23(28)37)40-22(15)26/h9-10,14,16,29H,4-8,11,13H2,1-3H3,(H2,28,37)(H,30,31,32,33)/t14-,16?,26?/m0/s1. The number of tetrazole rings is 1. The Labute approximate surface area is 239 Å². The number of nitrogens with one attached hydrogen (secondary N) is 2. The Bertz CT molecular complexity index is 1470. The number of nitrogens with two attached hydrogens (primary N) is 1. The smallest absolute Gasteiger partial charge is 0.263 e. The zero-order valence-corrected chi connectivity index (χ0v) is 24.2. The number of nitrogens with zero attached hydrogens (tertiary/aromatic N) is 6. The van der Waals surface area contributed by atoms with E-state index in [2.05, 4.69) is 32.0 Å².